The molecule has 4 heteroatoms. The van der Waals surface area contributed by atoms with Gasteiger partial charge in [0.25, 0.3) is 0 Å². The summed E-state index contributed by atoms with van der Waals surface area (Å²) in [5.74, 6) is 0.0393. The summed E-state index contributed by atoms with van der Waals surface area (Å²) in [7, 11) is -1.93. The maximum atomic E-state index is 11.4. The molecule has 0 aliphatic rings. The van der Waals surface area contributed by atoms with Crippen molar-refractivity contribution in [1.29, 1.82) is 0 Å². The highest BCUT2D eigenvalue weighted by Gasteiger charge is 2.41. The van der Waals surface area contributed by atoms with Crippen LogP contribution in [-0.4, -0.2) is 27.3 Å². The van der Waals surface area contributed by atoms with E-state index in [1.165, 1.54) is 0 Å². The van der Waals surface area contributed by atoms with Crippen LogP contribution in [0.1, 0.15) is 40.2 Å². The van der Waals surface area contributed by atoms with Crippen LogP contribution in [0.3, 0.4) is 0 Å². The van der Waals surface area contributed by atoms with Crippen molar-refractivity contribution in [1.82, 2.24) is 0 Å². The molecule has 0 heterocycles. The lowest BCUT2D eigenvalue weighted by molar-refractivity contribution is -0.114. The van der Waals surface area contributed by atoms with Crippen molar-refractivity contribution in [3.63, 3.8) is 0 Å². The smallest absolute Gasteiger partial charge is 0.192 e. The third kappa shape index (κ3) is 6.15. The van der Waals surface area contributed by atoms with E-state index in [1.807, 2.05) is 25.1 Å². The monoisotopic (exact) mass is 350 g/mol. The van der Waals surface area contributed by atoms with Gasteiger partial charge in [-0.3, -0.25) is 0 Å². The minimum absolute atomic E-state index is 0.0980. The molecule has 0 saturated carbocycles. The molecule has 0 aromatic heterocycles. The zero-order valence-corrected chi connectivity index (χ0v) is 17.3. The molecule has 0 unspecified atom stereocenters. The van der Waals surface area contributed by atoms with Gasteiger partial charge in [-0.25, -0.2) is 0 Å². The van der Waals surface area contributed by atoms with Crippen LogP contribution in [0.2, 0.25) is 18.1 Å². The Hall–Kier alpha value is -0.973. The second-order valence-electron chi connectivity index (χ2n) is 8.32. The van der Waals surface area contributed by atoms with Gasteiger partial charge in [-0.1, -0.05) is 65.0 Å². The molecule has 1 rings (SSSR count). The molecule has 3 nitrogen and oxygen atoms in total. The molecule has 0 bridgehead atoms. The highest BCUT2D eigenvalue weighted by atomic mass is 28.4. The molecule has 1 aromatic rings. The quantitative estimate of drug-likeness (QED) is 0.461. The van der Waals surface area contributed by atoms with Gasteiger partial charge in [-0.15, -0.1) is 0 Å². The van der Waals surface area contributed by atoms with Crippen LogP contribution in [0.4, 0.5) is 0 Å². The molecular formula is C20H34O3Si. The van der Waals surface area contributed by atoms with E-state index >= 15 is 0 Å². The first kappa shape index (κ1) is 21.1. The van der Waals surface area contributed by atoms with Gasteiger partial charge in [0.05, 0.1) is 19.3 Å². The topological polar surface area (TPSA) is 35.5 Å². The molecule has 1 aromatic carbocycles. The Morgan fingerprint density at radius 1 is 1.12 bits per heavy atom. The van der Waals surface area contributed by atoms with Crippen LogP contribution in [-0.2, 0) is 20.6 Å². The van der Waals surface area contributed by atoms with Crippen molar-refractivity contribution in [3.8, 4) is 0 Å². The number of hydrogen-bond donors (Lipinski definition) is 0. The van der Waals surface area contributed by atoms with Crippen LogP contribution in [0.15, 0.2) is 30.3 Å². The van der Waals surface area contributed by atoms with Crippen molar-refractivity contribution in [2.75, 3.05) is 6.61 Å². The molecule has 3 atom stereocenters. The fraction of sp³-hybridized carbons (Fsp3) is 0.650. The van der Waals surface area contributed by atoms with Gasteiger partial charge in [0, 0.05) is 11.8 Å². The van der Waals surface area contributed by atoms with Gasteiger partial charge in [0.2, 0.25) is 0 Å². The summed E-state index contributed by atoms with van der Waals surface area (Å²) in [5, 5.41) is 0.123. The molecule has 24 heavy (non-hydrogen) atoms. The van der Waals surface area contributed by atoms with Gasteiger partial charge in [-0.05, 0) is 23.7 Å². The summed E-state index contributed by atoms with van der Waals surface area (Å²) in [6.45, 7) is 16.4. The van der Waals surface area contributed by atoms with E-state index in [0.29, 0.717) is 13.2 Å². The first-order valence-electron chi connectivity index (χ1n) is 8.83. The third-order valence-corrected chi connectivity index (χ3v) is 9.50. The van der Waals surface area contributed by atoms with Crippen molar-refractivity contribution in [2.45, 2.75) is 65.5 Å². The van der Waals surface area contributed by atoms with Gasteiger partial charge in [-0.2, -0.15) is 0 Å². The van der Waals surface area contributed by atoms with Crippen molar-refractivity contribution in [3.05, 3.63) is 35.9 Å². The van der Waals surface area contributed by atoms with Crippen LogP contribution in [0.5, 0.6) is 0 Å². The fourth-order valence-electron chi connectivity index (χ4n) is 2.37. The molecule has 0 fully saturated rings. The number of benzene rings is 1. The lowest BCUT2D eigenvalue weighted by atomic mass is 9.95. The van der Waals surface area contributed by atoms with E-state index in [-0.39, 0.29) is 23.0 Å². The summed E-state index contributed by atoms with van der Waals surface area (Å²) in [5.41, 5.74) is 1.16. The van der Waals surface area contributed by atoms with E-state index < -0.39 is 8.32 Å². The maximum Gasteiger partial charge on any atom is 0.192 e. The summed E-state index contributed by atoms with van der Waals surface area (Å²) in [4.78, 5) is 11.4. The average Bonchev–Trinajstić information content (AvgIpc) is 2.51. The predicted molar refractivity (Wildman–Crippen MR) is 103 cm³/mol. The summed E-state index contributed by atoms with van der Waals surface area (Å²) >= 11 is 0. The fourth-order valence-corrected chi connectivity index (χ4v) is 3.85. The highest BCUT2D eigenvalue weighted by Crippen LogP contribution is 2.39. The molecule has 0 radical (unpaired) electrons. The van der Waals surface area contributed by atoms with E-state index in [9.17, 15) is 4.79 Å². The van der Waals surface area contributed by atoms with Gasteiger partial charge in [0.15, 0.2) is 8.32 Å². The SMILES string of the molecule is C[C@@H](C=O)[C@H](O[Si](C)(C)C(C)(C)C)[C@@H](C)COCc1ccccc1. The number of aldehydes is 1. The van der Waals surface area contributed by atoms with Crippen LogP contribution < -0.4 is 0 Å². The molecule has 136 valence electrons. The summed E-state index contributed by atoms with van der Waals surface area (Å²) < 4.78 is 12.4. The molecule has 0 aliphatic carbocycles. The van der Waals surface area contributed by atoms with Crippen molar-refractivity contribution >= 4 is 14.6 Å². The van der Waals surface area contributed by atoms with E-state index in [4.69, 9.17) is 9.16 Å². The second kappa shape index (κ2) is 8.93. The number of ether oxygens (including phenoxy) is 1. The summed E-state index contributed by atoms with van der Waals surface area (Å²) in [6, 6.07) is 10.1. The minimum atomic E-state index is -1.93. The molecule has 0 N–H and O–H groups in total. The van der Waals surface area contributed by atoms with Gasteiger partial charge < -0.3 is 14.0 Å². The first-order chi connectivity index (χ1) is 11.1. The lowest BCUT2D eigenvalue weighted by Gasteiger charge is -2.42. The van der Waals surface area contributed by atoms with E-state index in [1.54, 1.807) is 0 Å². The Labute approximate surface area is 148 Å². The zero-order chi connectivity index (χ0) is 18.4. The standard InChI is InChI=1S/C20H34O3Si/c1-16(13-21)19(23-24(6,7)20(3,4)5)17(2)14-22-15-18-11-9-8-10-12-18/h8-13,16-17,19H,14-15H2,1-7H3/t16-,17-,19-/m0/s1. The van der Waals surface area contributed by atoms with Gasteiger partial charge in [0.1, 0.15) is 6.29 Å². The number of rotatable bonds is 9. The maximum absolute atomic E-state index is 11.4. The molecule has 0 amide bonds. The third-order valence-electron chi connectivity index (χ3n) is 5.02. The number of carbonyl (C=O) groups is 1. The molecular weight excluding hydrogens is 316 g/mol. The van der Waals surface area contributed by atoms with E-state index in [0.717, 1.165) is 11.8 Å². The van der Waals surface area contributed by atoms with E-state index in [2.05, 4.69) is 52.9 Å². The minimum Gasteiger partial charge on any atom is -0.413 e. The average molecular weight is 351 g/mol. The van der Waals surface area contributed by atoms with Crippen molar-refractivity contribution < 1.29 is 14.0 Å². The van der Waals surface area contributed by atoms with Crippen LogP contribution in [0.25, 0.3) is 0 Å². The highest BCUT2D eigenvalue weighted by molar-refractivity contribution is 6.74. The largest absolute Gasteiger partial charge is 0.413 e. The Bertz CT molecular complexity index is 493. The van der Waals surface area contributed by atoms with Crippen LogP contribution in [0, 0.1) is 11.8 Å². The van der Waals surface area contributed by atoms with Crippen molar-refractivity contribution in [2.24, 2.45) is 11.8 Å². The Morgan fingerprint density at radius 3 is 2.21 bits per heavy atom. The lowest BCUT2D eigenvalue weighted by Crippen LogP contribution is -2.48. The van der Waals surface area contributed by atoms with Gasteiger partial charge >= 0.3 is 0 Å². The zero-order valence-electron chi connectivity index (χ0n) is 16.3. The second-order valence-corrected chi connectivity index (χ2v) is 13.1. The number of hydrogen-bond acceptors (Lipinski definition) is 3. The Morgan fingerprint density at radius 2 is 1.71 bits per heavy atom. The normalized spacial score (nSPS) is 16.5. The molecule has 0 aliphatic heterocycles. The van der Waals surface area contributed by atoms with Crippen LogP contribution >= 0.6 is 0 Å². The number of carbonyl (C=O) groups excluding carboxylic acids is 1. The predicted octanol–water partition coefficient (Wildman–Crippen LogP) is 5.06. The first-order valence-corrected chi connectivity index (χ1v) is 11.7. The Balaban J connectivity index is 2.68. The summed E-state index contributed by atoms with van der Waals surface area (Å²) in [6.07, 6.45) is 0.907. The molecule has 0 spiro atoms. The Kier molecular flexibility index (Phi) is 7.84. The molecule has 0 saturated heterocycles.